The van der Waals surface area contributed by atoms with E-state index >= 15 is 0 Å². The SMILES string of the molecule is CNC(C)[C@H](O)c1ccc(OC(C)(C)C)cc1. The van der Waals surface area contributed by atoms with Gasteiger partial charge in [-0.3, -0.25) is 0 Å². The van der Waals surface area contributed by atoms with Gasteiger partial charge in [0.05, 0.1) is 6.10 Å². The van der Waals surface area contributed by atoms with Crippen molar-refractivity contribution in [1.29, 1.82) is 0 Å². The van der Waals surface area contributed by atoms with Gasteiger partial charge in [-0.2, -0.15) is 0 Å². The molecule has 0 bridgehead atoms. The number of aliphatic hydroxyl groups is 1. The molecular weight excluding hydrogens is 214 g/mol. The first-order valence-electron chi connectivity index (χ1n) is 5.98. The van der Waals surface area contributed by atoms with Crippen molar-refractivity contribution in [3.63, 3.8) is 0 Å². The Balaban J connectivity index is 2.74. The number of rotatable bonds is 4. The molecule has 3 nitrogen and oxygen atoms in total. The fourth-order valence-corrected chi connectivity index (χ4v) is 1.53. The van der Waals surface area contributed by atoms with E-state index in [9.17, 15) is 5.11 Å². The van der Waals surface area contributed by atoms with Crippen molar-refractivity contribution in [3.05, 3.63) is 29.8 Å². The smallest absolute Gasteiger partial charge is 0.120 e. The predicted molar refractivity (Wildman–Crippen MR) is 70.3 cm³/mol. The van der Waals surface area contributed by atoms with Gasteiger partial charge < -0.3 is 15.2 Å². The zero-order valence-electron chi connectivity index (χ0n) is 11.3. The minimum atomic E-state index is -0.497. The Labute approximate surface area is 104 Å². The van der Waals surface area contributed by atoms with E-state index in [2.05, 4.69) is 5.32 Å². The maximum atomic E-state index is 10.0. The molecule has 1 aromatic rings. The van der Waals surface area contributed by atoms with E-state index in [0.29, 0.717) is 0 Å². The van der Waals surface area contributed by atoms with Crippen LogP contribution in [0.4, 0.5) is 0 Å². The average molecular weight is 237 g/mol. The van der Waals surface area contributed by atoms with Gasteiger partial charge in [0.1, 0.15) is 11.4 Å². The number of hydrogen-bond donors (Lipinski definition) is 2. The molecule has 0 fully saturated rings. The summed E-state index contributed by atoms with van der Waals surface area (Å²) in [6.07, 6.45) is -0.497. The molecular formula is C14H23NO2. The molecule has 0 aliphatic heterocycles. The van der Waals surface area contributed by atoms with Crippen molar-refractivity contribution < 1.29 is 9.84 Å². The van der Waals surface area contributed by atoms with E-state index < -0.39 is 6.10 Å². The van der Waals surface area contributed by atoms with Crippen molar-refractivity contribution in [2.75, 3.05) is 7.05 Å². The highest BCUT2D eigenvalue weighted by atomic mass is 16.5. The summed E-state index contributed by atoms with van der Waals surface area (Å²) in [5, 5.41) is 13.0. The summed E-state index contributed by atoms with van der Waals surface area (Å²) in [5.41, 5.74) is 0.700. The van der Waals surface area contributed by atoms with E-state index in [1.165, 1.54) is 0 Å². The Hall–Kier alpha value is -1.06. The molecule has 0 aromatic heterocycles. The van der Waals surface area contributed by atoms with Gasteiger partial charge in [-0.1, -0.05) is 12.1 Å². The molecule has 1 aromatic carbocycles. The quantitative estimate of drug-likeness (QED) is 0.845. The number of aliphatic hydroxyl groups excluding tert-OH is 1. The first kappa shape index (κ1) is 14.0. The topological polar surface area (TPSA) is 41.5 Å². The highest BCUT2D eigenvalue weighted by Crippen LogP contribution is 2.22. The van der Waals surface area contributed by atoms with Crippen molar-refractivity contribution in [2.45, 2.75) is 45.4 Å². The molecule has 0 heterocycles. The van der Waals surface area contributed by atoms with Crippen LogP contribution in [-0.2, 0) is 0 Å². The van der Waals surface area contributed by atoms with Gasteiger partial charge in [0.15, 0.2) is 0 Å². The molecule has 96 valence electrons. The summed E-state index contributed by atoms with van der Waals surface area (Å²) < 4.78 is 5.73. The lowest BCUT2D eigenvalue weighted by Crippen LogP contribution is -2.28. The van der Waals surface area contributed by atoms with Gasteiger partial charge in [0, 0.05) is 6.04 Å². The molecule has 17 heavy (non-hydrogen) atoms. The van der Waals surface area contributed by atoms with Gasteiger partial charge in [0.25, 0.3) is 0 Å². The van der Waals surface area contributed by atoms with Crippen LogP contribution in [0.5, 0.6) is 5.75 Å². The van der Waals surface area contributed by atoms with Crippen LogP contribution < -0.4 is 10.1 Å². The number of ether oxygens (including phenoxy) is 1. The normalized spacial score (nSPS) is 15.4. The third-order valence-corrected chi connectivity index (χ3v) is 2.57. The highest BCUT2D eigenvalue weighted by Gasteiger charge is 2.15. The first-order chi connectivity index (χ1) is 7.83. The van der Waals surface area contributed by atoms with Crippen LogP contribution in [0.2, 0.25) is 0 Å². The Morgan fingerprint density at radius 1 is 1.18 bits per heavy atom. The van der Waals surface area contributed by atoms with Crippen LogP contribution in [0.1, 0.15) is 39.4 Å². The van der Waals surface area contributed by atoms with Crippen LogP contribution in [0.3, 0.4) is 0 Å². The first-order valence-corrected chi connectivity index (χ1v) is 5.98. The van der Waals surface area contributed by atoms with E-state index in [0.717, 1.165) is 11.3 Å². The lowest BCUT2D eigenvalue weighted by atomic mass is 10.0. The monoisotopic (exact) mass is 237 g/mol. The fourth-order valence-electron chi connectivity index (χ4n) is 1.53. The second kappa shape index (κ2) is 5.52. The van der Waals surface area contributed by atoms with Crippen LogP contribution >= 0.6 is 0 Å². The lowest BCUT2D eigenvalue weighted by Gasteiger charge is -2.22. The molecule has 0 saturated carbocycles. The Bertz CT molecular complexity index is 340. The Morgan fingerprint density at radius 3 is 2.12 bits per heavy atom. The summed E-state index contributed by atoms with van der Waals surface area (Å²) in [6, 6.07) is 7.63. The third kappa shape index (κ3) is 4.36. The summed E-state index contributed by atoms with van der Waals surface area (Å²) in [6.45, 7) is 7.99. The summed E-state index contributed by atoms with van der Waals surface area (Å²) in [5.74, 6) is 0.825. The van der Waals surface area contributed by atoms with E-state index in [1.54, 1.807) is 0 Å². The largest absolute Gasteiger partial charge is 0.488 e. The van der Waals surface area contributed by atoms with Crippen molar-refractivity contribution >= 4 is 0 Å². The molecule has 0 aliphatic carbocycles. The second-order valence-corrected chi connectivity index (χ2v) is 5.31. The van der Waals surface area contributed by atoms with Gasteiger partial charge in [-0.05, 0) is 52.4 Å². The van der Waals surface area contributed by atoms with Gasteiger partial charge in [-0.15, -0.1) is 0 Å². The molecule has 1 unspecified atom stereocenters. The van der Waals surface area contributed by atoms with Crippen LogP contribution in [0.15, 0.2) is 24.3 Å². The molecule has 0 radical (unpaired) electrons. The molecule has 1 rings (SSSR count). The zero-order valence-corrected chi connectivity index (χ0v) is 11.3. The van der Waals surface area contributed by atoms with E-state index in [-0.39, 0.29) is 11.6 Å². The summed E-state index contributed by atoms with van der Waals surface area (Å²) in [4.78, 5) is 0. The molecule has 3 heteroatoms. The van der Waals surface area contributed by atoms with Crippen molar-refractivity contribution in [3.8, 4) is 5.75 Å². The maximum Gasteiger partial charge on any atom is 0.120 e. The number of benzene rings is 1. The number of hydrogen-bond acceptors (Lipinski definition) is 3. The van der Waals surface area contributed by atoms with Gasteiger partial charge in [0.2, 0.25) is 0 Å². The van der Waals surface area contributed by atoms with Gasteiger partial charge in [-0.25, -0.2) is 0 Å². The molecule has 0 spiro atoms. The average Bonchev–Trinajstić information content (AvgIpc) is 2.26. The Kier molecular flexibility index (Phi) is 4.54. The number of nitrogens with one attached hydrogen (secondary N) is 1. The number of likely N-dealkylation sites (N-methyl/N-ethyl adjacent to an activating group) is 1. The summed E-state index contributed by atoms with van der Waals surface area (Å²) in [7, 11) is 1.84. The predicted octanol–water partition coefficient (Wildman–Crippen LogP) is 2.51. The van der Waals surface area contributed by atoms with Crippen molar-refractivity contribution in [1.82, 2.24) is 5.32 Å². The molecule has 2 atom stereocenters. The van der Waals surface area contributed by atoms with E-state index in [1.807, 2.05) is 59.0 Å². The molecule has 0 aliphatic rings. The summed E-state index contributed by atoms with van der Waals surface area (Å²) >= 11 is 0. The highest BCUT2D eigenvalue weighted by molar-refractivity contribution is 5.29. The van der Waals surface area contributed by atoms with Crippen LogP contribution in [0.25, 0.3) is 0 Å². The van der Waals surface area contributed by atoms with Crippen molar-refractivity contribution in [2.24, 2.45) is 0 Å². The second-order valence-electron chi connectivity index (χ2n) is 5.31. The molecule has 2 N–H and O–H groups in total. The van der Waals surface area contributed by atoms with Crippen LogP contribution in [-0.4, -0.2) is 23.8 Å². The zero-order chi connectivity index (χ0) is 13.1. The lowest BCUT2D eigenvalue weighted by molar-refractivity contribution is 0.129. The standard InChI is InChI=1S/C14H23NO2/c1-10(15-5)13(16)11-6-8-12(9-7-11)17-14(2,3)4/h6-10,13,15-16H,1-5H3/t10?,13-/m0/s1. The third-order valence-electron chi connectivity index (χ3n) is 2.57. The van der Waals surface area contributed by atoms with Gasteiger partial charge >= 0.3 is 0 Å². The maximum absolute atomic E-state index is 10.0. The van der Waals surface area contributed by atoms with E-state index in [4.69, 9.17) is 4.74 Å². The minimum Gasteiger partial charge on any atom is -0.488 e. The molecule has 0 amide bonds. The Morgan fingerprint density at radius 2 is 1.71 bits per heavy atom. The molecule has 0 saturated heterocycles. The van der Waals surface area contributed by atoms with Crippen LogP contribution in [0, 0.1) is 0 Å². The fraction of sp³-hybridized carbons (Fsp3) is 0.571. The minimum absolute atomic E-state index is 0.0318.